The Morgan fingerprint density at radius 1 is 1.23 bits per heavy atom. The molecule has 0 radical (unpaired) electrons. The van der Waals surface area contributed by atoms with E-state index in [9.17, 15) is 9.59 Å². The lowest BCUT2D eigenvalue weighted by atomic mass is 10.2. The van der Waals surface area contributed by atoms with E-state index < -0.39 is 0 Å². The summed E-state index contributed by atoms with van der Waals surface area (Å²) >= 11 is 1.58. The number of ether oxygens (including phenoxy) is 1. The van der Waals surface area contributed by atoms with Crippen molar-refractivity contribution in [3.05, 3.63) is 45.6 Å². The van der Waals surface area contributed by atoms with Crippen molar-refractivity contribution in [2.24, 2.45) is 0 Å². The summed E-state index contributed by atoms with van der Waals surface area (Å²) in [6.07, 6.45) is 1.50. The second-order valence-corrected chi connectivity index (χ2v) is 6.82. The molecule has 0 bridgehead atoms. The molecule has 1 aromatic heterocycles. The monoisotopic (exact) mass is 315 g/mol. The van der Waals surface area contributed by atoms with Gasteiger partial charge in [0.2, 0.25) is 5.91 Å². The number of hydrogen-bond donors (Lipinski definition) is 0. The Balaban J connectivity index is 1.72. The molecule has 0 N–H and O–H groups in total. The third-order valence-electron chi connectivity index (χ3n) is 3.69. The predicted molar refractivity (Wildman–Crippen MR) is 86.8 cm³/mol. The quantitative estimate of drug-likeness (QED) is 0.641. The van der Waals surface area contributed by atoms with Crippen LogP contribution in [-0.2, 0) is 4.79 Å². The Morgan fingerprint density at radius 3 is 2.50 bits per heavy atom. The van der Waals surface area contributed by atoms with Gasteiger partial charge in [-0.1, -0.05) is 0 Å². The largest absolute Gasteiger partial charge is 0.423 e. The van der Waals surface area contributed by atoms with Gasteiger partial charge < -0.3 is 9.64 Å². The van der Waals surface area contributed by atoms with Crippen molar-refractivity contribution in [1.82, 2.24) is 0 Å². The van der Waals surface area contributed by atoms with Crippen LogP contribution >= 0.6 is 11.3 Å². The number of benzene rings is 1. The number of nitrogens with zero attached hydrogens (tertiary/aromatic N) is 1. The second-order valence-electron chi connectivity index (χ2n) is 5.36. The summed E-state index contributed by atoms with van der Waals surface area (Å²) in [5, 5.41) is 0. The van der Waals surface area contributed by atoms with Crippen molar-refractivity contribution in [2.75, 3.05) is 11.4 Å². The average molecular weight is 315 g/mol. The van der Waals surface area contributed by atoms with Crippen molar-refractivity contribution >= 4 is 28.9 Å². The van der Waals surface area contributed by atoms with Crippen LogP contribution in [0.1, 0.15) is 33.0 Å². The van der Waals surface area contributed by atoms with Crippen molar-refractivity contribution < 1.29 is 14.3 Å². The molecule has 1 aliphatic heterocycles. The van der Waals surface area contributed by atoms with E-state index in [1.54, 1.807) is 28.4 Å². The standard InChI is InChI=1S/C17H17NO3S/c1-11-10-15(12(2)22-11)17(20)21-14-7-5-13(6-8-14)18-9-3-4-16(18)19/h5-8,10H,3-4,9H2,1-2H3. The fourth-order valence-electron chi connectivity index (χ4n) is 2.61. The minimum atomic E-state index is -0.341. The molecule has 0 saturated carbocycles. The summed E-state index contributed by atoms with van der Waals surface area (Å²) in [7, 11) is 0. The Hall–Kier alpha value is -2.14. The van der Waals surface area contributed by atoms with Crippen LogP contribution in [0.5, 0.6) is 5.75 Å². The maximum atomic E-state index is 12.2. The molecular formula is C17H17NO3S. The van der Waals surface area contributed by atoms with Crippen molar-refractivity contribution in [2.45, 2.75) is 26.7 Å². The molecule has 5 heteroatoms. The minimum Gasteiger partial charge on any atom is -0.423 e. The van der Waals surface area contributed by atoms with Crippen molar-refractivity contribution in [3.8, 4) is 5.75 Å². The molecule has 0 atom stereocenters. The zero-order chi connectivity index (χ0) is 15.7. The first-order valence-corrected chi connectivity index (χ1v) is 8.06. The predicted octanol–water partition coefficient (Wildman–Crippen LogP) is 3.71. The summed E-state index contributed by atoms with van der Waals surface area (Å²) in [6, 6.07) is 8.94. The molecule has 1 fully saturated rings. The van der Waals surface area contributed by atoms with E-state index in [1.807, 2.05) is 32.0 Å². The zero-order valence-corrected chi connectivity index (χ0v) is 13.4. The van der Waals surface area contributed by atoms with Crippen LogP contribution in [-0.4, -0.2) is 18.4 Å². The lowest BCUT2D eigenvalue weighted by Crippen LogP contribution is -2.23. The number of aryl methyl sites for hydroxylation is 2. The first-order chi connectivity index (χ1) is 10.5. The van der Waals surface area contributed by atoms with Gasteiger partial charge in [0, 0.05) is 28.4 Å². The molecule has 22 heavy (non-hydrogen) atoms. The fraction of sp³-hybridized carbons (Fsp3) is 0.294. The summed E-state index contributed by atoms with van der Waals surface area (Å²) in [6.45, 7) is 4.64. The number of anilines is 1. The maximum Gasteiger partial charge on any atom is 0.344 e. The molecule has 0 unspecified atom stereocenters. The van der Waals surface area contributed by atoms with E-state index in [0.29, 0.717) is 17.7 Å². The first kappa shape index (κ1) is 14.8. The number of esters is 1. The van der Waals surface area contributed by atoms with Gasteiger partial charge in [-0.25, -0.2) is 4.79 Å². The van der Waals surface area contributed by atoms with Crippen molar-refractivity contribution in [3.63, 3.8) is 0 Å². The van der Waals surface area contributed by atoms with Gasteiger partial charge in [-0.05, 0) is 50.6 Å². The van der Waals surface area contributed by atoms with Gasteiger partial charge in [-0.3, -0.25) is 4.79 Å². The fourth-order valence-corrected chi connectivity index (χ4v) is 3.52. The molecule has 4 nitrogen and oxygen atoms in total. The van der Waals surface area contributed by atoms with Gasteiger partial charge in [-0.2, -0.15) is 0 Å². The molecule has 1 amide bonds. The van der Waals surface area contributed by atoms with Gasteiger partial charge >= 0.3 is 5.97 Å². The third-order valence-corrected chi connectivity index (χ3v) is 4.66. The van der Waals surface area contributed by atoms with E-state index in [-0.39, 0.29) is 11.9 Å². The van der Waals surface area contributed by atoms with Gasteiger partial charge in [0.05, 0.1) is 5.56 Å². The Kier molecular flexibility index (Phi) is 3.98. The van der Waals surface area contributed by atoms with Crippen LogP contribution in [0.4, 0.5) is 5.69 Å². The summed E-state index contributed by atoms with van der Waals surface area (Å²) < 4.78 is 5.40. The lowest BCUT2D eigenvalue weighted by Gasteiger charge is -2.15. The highest BCUT2D eigenvalue weighted by atomic mass is 32.1. The summed E-state index contributed by atoms with van der Waals surface area (Å²) in [4.78, 5) is 27.7. The number of rotatable bonds is 3. The smallest absolute Gasteiger partial charge is 0.344 e. The van der Waals surface area contributed by atoms with E-state index >= 15 is 0 Å². The van der Waals surface area contributed by atoms with Gasteiger partial charge in [0.25, 0.3) is 0 Å². The molecule has 0 spiro atoms. The van der Waals surface area contributed by atoms with Gasteiger partial charge in [0.15, 0.2) is 0 Å². The van der Waals surface area contributed by atoms with Gasteiger partial charge in [-0.15, -0.1) is 11.3 Å². The number of thiophene rings is 1. The van der Waals surface area contributed by atoms with Crippen LogP contribution in [0.3, 0.4) is 0 Å². The van der Waals surface area contributed by atoms with E-state index in [4.69, 9.17) is 4.74 Å². The SMILES string of the molecule is Cc1cc(C(=O)Oc2ccc(N3CCCC3=O)cc2)c(C)s1. The molecule has 1 aliphatic rings. The normalized spacial score (nSPS) is 14.5. The van der Waals surface area contributed by atoms with Gasteiger partial charge in [0.1, 0.15) is 5.75 Å². The zero-order valence-electron chi connectivity index (χ0n) is 12.6. The average Bonchev–Trinajstić information content (AvgIpc) is 3.05. The molecule has 1 aromatic carbocycles. The Morgan fingerprint density at radius 2 is 1.95 bits per heavy atom. The lowest BCUT2D eigenvalue weighted by molar-refractivity contribution is -0.117. The molecule has 2 heterocycles. The van der Waals surface area contributed by atoms with Crippen molar-refractivity contribution in [1.29, 1.82) is 0 Å². The van der Waals surface area contributed by atoms with Crippen LogP contribution in [0.25, 0.3) is 0 Å². The van der Waals surface area contributed by atoms with Crippen LogP contribution in [0.15, 0.2) is 30.3 Å². The highest BCUT2D eigenvalue weighted by Gasteiger charge is 2.21. The number of carbonyl (C=O) groups is 2. The third kappa shape index (κ3) is 2.90. The molecule has 1 saturated heterocycles. The number of hydrogen-bond acceptors (Lipinski definition) is 4. The van der Waals surface area contributed by atoms with Crippen LogP contribution in [0, 0.1) is 13.8 Å². The molecule has 0 aliphatic carbocycles. The van der Waals surface area contributed by atoms with Crippen LogP contribution in [0.2, 0.25) is 0 Å². The van der Waals surface area contributed by atoms with E-state index in [2.05, 4.69) is 0 Å². The summed E-state index contributed by atoms with van der Waals surface area (Å²) in [5.74, 6) is 0.296. The number of carbonyl (C=O) groups excluding carboxylic acids is 2. The molecule has 3 rings (SSSR count). The first-order valence-electron chi connectivity index (χ1n) is 7.24. The highest BCUT2D eigenvalue weighted by molar-refractivity contribution is 7.12. The molecular weight excluding hydrogens is 298 g/mol. The molecule has 2 aromatic rings. The minimum absolute atomic E-state index is 0.147. The Bertz CT molecular complexity index is 718. The maximum absolute atomic E-state index is 12.2. The molecule has 114 valence electrons. The topological polar surface area (TPSA) is 46.6 Å². The summed E-state index contributed by atoms with van der Waals surface area (Å²) in [5.41, 5.74) is 1.46. The highest BCUT2D eigenvalue weighted by Crippen LogP contribution is 2.26. The number of amides is 1. The Labute approximate surface area is 133 Å². The van der Waals surface area contributed by atoms with E-state index in [0.717, 1.165) is 28.4 Å². The van der Waals surface area contributed by atoms with E-state index in [1.165, 1.54) is 0 Å². The van der Waals surface area contributed by atoms with Crippen LogP contribution < -0.4 is 9.64 Å². The second kappa shape index (κ2) is 5.93.